The van der Waals surface area contributed by atoms with Crippen molar-refractivity contribution >= 4 is 11.8 Å². The molecular formula is C17H24F3N3O2. The van der Waals surface area contributed by atoms with Crippen molar-refractivity contribution in [1.82, 2.24) is 14.8 Å². The number of nitrogens with one attached hydrogen (secondary N) is 1. The number of likely N-dealkylation sites (tertiary alicyclic amines) is 1. The van der Waals surface area contributed by atoms with Crippen molar-refractivity contribution in [3.8, 4) is 0 Å². The molecule has 1 saturated heterocycles. The molecule has 0 aromatic carbocycles. The van der Waals surface area contributed by atoms with Crippen LogP contribution in [0.15, 0.2) is 6.07 Å². The SMILES string of the molecule is Cc1cc(CCNC(=O)C2CCN(C(=O)C(F)(F)F)CC2)c(C)n1C. The van der Waals surface area contributed by atoms with Crippen LogP contribution in [0.3, 0.4) is 0 Å². The van der Waals surface area contributed by atoms with Gasteiger partial charge in [-0.3, -0.25) is 9.59 Å². The van der Waals surface area contributed by atoms with E-state index in [1.165, 1.54) is 5.56 Å². The maximum atomic E-state index is 12.4. The van der Waals surface area contributed by atoms with E-state index in [9.17, 15) is 22.8 Å². The Kier molecular flexibility index (Phi) is 5.80. The molecule has 2 amide bonds. The van der Waals surface area contributed by atoms with Gasteiger partial charge in [-0.05, 0) is 44.7 Å². The molecule has 0 saturated carbocycles. The van der Waals surface area contributed by atoms with Crippen molar-refractivity contribution in [3.63, 3.8) is 0 Å². The van der Waals surface area contributed by atoms with Gasteiger partial charge in [0.2, 0.25) is 5.91 Å². The van der Waals surface area contributed by atoms with Crippen molar-refractivity contribution < 1.29 is 22.8 Å². The summed E-state index contributed by atoms with van der Waals surface area (Å²) >= 11 is 0. The smallest absolute Gasteiger partial charge is 0.356 e. The second kappa shape index (κ2) is 7.49. The Hall–Kier alpha value is -1.99. The van der Waals surface area contributed by atoms with E-state index < -0.39 is 12.1 Å². The lowest BCUT2D eigenvalue weighted by Gasteiger charge is -2.31. The summed E-state index contributed by atoms with van der Waals surface area (Å²) in [6, 6.07) is 2.09. The average molecular weight is 359 g/mol. The molecule has 0 bridgehead atoms. The predicted octanol–water partition coefficient (Wildman–Crippen LogP) is 2.10. The van der Waals surface area contributed by atoms with Crippen molar-refractivity contribution in [2.24, 2.45) is 13.0 Å². The predicted molar refractivity (Wildman–Crippen MR) is 87.0 cm³/mol. The van der Waals surface area contributed by atoms with Crippen LogP contribution in [0, 0.1) is 19.8 Å². The fourth-order valence-corrected chi connectivity index (χ4v) is 3.18. The summed E-state index contributed by atoms with van der Waals surface area (Å²) in [7, 11) is 1.99. The first-order valence-electron chi connectivity index (χ1n) is 8.37. The van der Waals surface area contributed by atoms with Gasteiger partial charge in [-0.1, -0.05) is 0 Å². The van der Waals surface area contributed by atoms with Crippen molar-refractivity contribution in [3.05, 3.63) is 23.0 Å². The first kappa shape index (κ1) is 19.3. The van der Waals surface area contributed by atoms with Gasteiger partial charge in [-0.25, -0.2) is 0 Å². The van der Waals surface area contributed by atoms with Crippen LogP contribution < -0.4 is 5.32 Å². The third-order valence-electron chi connectivity index (χ3n) is 4.97. The van der Waals surface area contributed by atoms with Crippen LogP contribution in [0.25, 0.3) is 0 Å². The first-order chi connectivity index (χ1) is 11.6. The van der Waals surface area contributed by atoms with Crippen molar-refractivity contribution in [2.45, 2.75) is 39.3 Å². The highest BCUT2D eigenvalue weighted by atomic mass is 19.4. The van der Waals surface area contributed by atoms with E-state index in [0.29, 0.717) is 13.0 Å². The number of alkyl halides is 3. The zero-order valence-electron chi connectivity index (χ0n) is 14.7. The number of hydrogen-bond acceptors (Lipinski definition) is 2. The fraction of sp³-hybridized carbons (Fsp3) is 0.647. The molecule has 8 heteroatoms. The summed E-state index contributed by atoms with van der Waals surface area (Å²) in [4.78, 5) is 24.1. The van der Waals surface area contributed by atoms with Crippen LogP contribution >= 0.6 is 0 Å². The normalized spacial score (nSPS) is 16.2. The highest BCUT2D eigenvalue weighted by Crippen LogP contribution is 2.24. The van der Waals surface area contributed by atoms with E-state index >= 15 is 0 Å². The lowest BCUT2D eigenvalue weighted by molar-refractivity contribution is -0.186. The van der Waals surface area contributed by atoms with Crippen LogP contribution in [-0.2, 0) is 23.1 Å². The number of nitrogens with zero attached hydrogens (tertiary/aromatic N) is 2. The van der Waals surface area contributed by atoms with Crippen molar-refractivity contribution in [1.29, 1.82) is 0 Å². The number of rotatable bonds is 4. The third kappa shape index (κ3) is 4.55. The monoisotopic (exact) mass is 359 g/mol. The van der Waals surface area contributed by atoms with Crippen LogP contribution in [-0.4, -0.2) is 47.1 Å². The molecule has 5 nitrogen and oxygen atoms in total. The number of aryl methyl sites for hydroxylation is 1. The van der Waals surface area contributed by atoms with Gasteiger partial charge in [-0.15, -0.1) is 0 Å². The van der Waals surface area contributed by atoms with Gasteiger partial charge in [0.25, 0.3) is 0 Å². The van der Waals surface area contributed by atoms with E-state index in [2.05, 4.69) is 16.0 Å². The number of amides is 2. The van der Waals surface area contributed by atoms with E-state index in [1.54, 1.807) is 0 Å². The Morgan fingerprint density at radius 1 is 1.24 bits per heavy atom. The van der Waals surface area contributed by atoms with Gasteiger partial charge in [0.15, 0.2) is 0 Å². The number of aromatic nitrogens is 1. The summed E-state index contributed by atoms with van der Waals surface area (Å²) in [6.45, 7) is 4.47. The Bertz CT molecular complexity index is 644. The molecule has 1 fully saturated rings. The second-order valence-corrected chi connectivity index (χ2v) is 6.56. The molecule has 2 heterocycles. The molecule has 25 heavy (non-hydrogen) atoms. The summed E-state index contributed by atoms with van der Waals surface area (Å²) in [5.41, 5.74) is 3.48. The topological polar surface area (TPSA) is 54.3 Å². The molecule has 0 unspecified atom stereocenters. The van der Waals surface area contributed by atoms with Gasteiger partial charge >= 0.3 is 12.1 Å². The molecule has 1 aromatic rings. The molecule has 1 aliphatic rings. The number of halogens is 3. The Morgan fingerprint density at radius 3 is 2.32 bits per heavy atom. The summed E-state index contributed by atoms with van der Waals surface area (Å²) in [5, 5.41) is 2.86. The average Bonchev–Trinajstić information content (AvgIpc) is 2.80. The van der Waals surface area contributed by atoms with Gasteiger partial charge < -0.3 is 14.8 Å². The minimum absolute atomic E-state index is 0.0343. The minimum Gasteiger partial charge on any atom is -0.356 e. The van der Waals surface area contributed by atoms with Crippen molar-refractivity contribution in [2.75, 3.05) is 19.6 Å². The molecule has 0 atom stereocenters. The van der Waals surface area contributed by atoms with Gasteiger partial charge in [0.1, 0.15) is 0 Å². The summed E-state index contributed by atoms with van der Waals surface area (Å²) in [6.07, 6.45) is -3.61. The highest BCUT2D eigenvalue weighted by molar-refractivity contribution is 5.83. The van der Waals surface area contributed by atoms with Crippen LogP contribution in [0.5, 0.6) is 0 Å². The lowest BCUT2D eigenvalue weighted by Crippen LogP contribution is -2.47. The summed E-state index contributed by atoms with van der Waals surface area (Å²) in [5.74, 6) is -2.30. The van der Waals surface area contributed by atoms with Gasteiger partial charge in [-0.2, -0.15) is 13.2 Å². The molecule has 0 aliphatic carbocycles. The zero-order valence-corrected chi connectivity index (χ0v) is 14.7. The molecule has 140 valence electrons. The van der Waals surface area contributed by atoms with E-state index in [4.69, 9.17) is 0 Å². The first-order valence-corrected chi connectivity index (χ1v) is 8.37. The number of carbonyl (C=O) groups excluding carboxylic acids is 2. The highest BCUT2D eigenvalue weighted by Gasteiger charge is 2.43. The van der Waals surface area contributed by atoms with E-state index in [1.807, 2.05) is 20.9 Å². The molecule has 1 aliphatic heterocycles. The number of piperidine rings is 1. The molecule has 1 N–H and O–H groups in total. The Balaban J connectivity index is 1.77. The van der Waals surface area contributed by atoms with E-state index in [0.717, 1.165) is 16.3 Å². The molecular weight excluding hydrogens is 335 g/mol. The lowest BCUT2D eigenvalue weighted by atomic mass is 9.95. The molecule has 0 spiro atoms. The maximum absolute atomic E-state index is 12.4. The standard InChI is InChI=1S/C17H24F3N3O2/c1-11-10-14(12(2)22(11)3)4-7-21-15(24)13-5-8-23(9-6-13)16(25)17(18,19)20/h10,13H,4-9H2,1-3H3,(H,21,24). The molecule has 1 aromatic heterocycles. The van der Waals surface area contributed by atoms with E-state index in [-0.39, 0.29) is 37.8 Å². The minimum atomic E-state index is -4.85. The maximum Gasteiger partial charge on any atom is 0.471 e. The van der Waals surface area contributed by atoms with Crippen LogP contribution in [0.4, 0.5) is 13.2 Å². The second-order valence-electron chi connectivity index (χ2n) is 6.56. The van der Waals surface area contributed by atoms with Gasteiger partial charge in [0, 0.05) is 44.0 Å². The zero-order chi connectivity index (χ0) is 18.8. The quantitative estimate of drug-likeness (QED) is 0.895. The number of hydrogen-bond donors (Lipinski definition) is 1. The molecule has 2 rings (SSSR count). The fourth-order valence-electron chi connectivity index (χ4n) is 3.18. The third-order valence-corrected chi connectivity index (χ3v) is 4.97. The van der Waals surface area contributed by atoms with Crippen LogP contribution in [0.1, 0.15) is 29.8 Å². The Labute approximate surface area is 145 Å². The van der Waals surface area contributed by atoms with Gasteiger partial charge in [0.05, 0.1) is 0 Å². The molecule has 0 radical (unpaired) electrons. The largest absolute Gasteiger partial charge is 0.471 e. The van der Waals surface area contributed by atoms with Crippen LogP contribution in [0.2, 0.25) is 0 Å². The summed E-state index contributed by atoms with van der Waals surface area (Å²) < 4.78 is 39.3. The Morgan fingerprint density at radius 2 is 1.84 bits per heavy atom. The number of carbonyl (C=O) groups is 2.